The fourth-order valence-electron chi connectivity index (χ4n) is 1.55. The first kappa shape index (κ1) is 18.1. The average Bonchev–Trinajstić information content (AvgIpc) is 2.47. The molecule has 0 spiro atoms. The fraction of sp³-hybridized carbons (Fsp3) is 0.429. The lowest BCUT2D eigenvalue weighted by molar-refractivity contribution is -0.0512. The summed E-state index contributed by atoms with van der Waals surface area (Å²) in [4.78, 5) is 0. The van der Waals surface area contributed by atoms with Crippen LogP contribution in [-0.4, -0.2) is 31.6 Å². The van der Waals surface area contributed by atoms with E-state index in [0.29, 0.717) is 10.7 Å². The highest BCUT2D eigenvalue weighted by molar-refractivity contribution is 7.80. The lowest BCUT2D eigenvalue weighted by Crippen LogP contribution is -2.32. The minimum absolute atomic E-state index is 0.0508. The monoisotopic (exact) mass is 331 g/mol. The van der Waals surface area contributed by atoms with Crippen LogP contribution < -0.4 is 20.2 Å². The van der Waals surface area contributed by atoms with Crippen LogP contribution in [-0.2, 0) is 0 Å². The molecule has 0 saturated heterocycles. The summed E-state index contributed by atoms with van der Waals surface area (Å²) in [5.74, 6) is 0.173. The third-order valence-electron chi connectivity index (χ3n) is 2.60. The van der Waals surface area contributed by atoms with E-state index in [-0.39, 0.29) is 11.5 Å². The van der Waals surface area contributed by atoms with E-state index in [1.165, 1.54) is 25.5 Å². The quantitative estimate of drug-likeness (QED) is 0.332. The molecule has 0 amide bonds. The molecule has 8 heteroatoms. The van der Waals surface area contributed by atoms with Crippen LogP contribution >= 0.6 is 12.2 Å². The highest BCUT2D eigenvalue weighted by Gasteiger charge is 2.10. The van der Waals surface area contributed by atoms with Gasteiger partial charge in [-0.1, -0.05) is 13.3 Å². The van der Waals surface area contributed by atoms with Crippen LogP contribution in [0.2, 0.25) is 0 Å². The van der Waals surface area contributed by atoms with Gasteiger partial charge in [0.2, 0.25) is 0 Å². The summed E-state index contributed by atoms with van der Waals surface area (Å²) in [6.45, 7) is -0.0687. The molecule has 1 aromatic rings. The summed E-state index contributed by atoms with van der Waals surface area (Å²) >= 11 is 5.03. The van der Waals surface area contributed by atoms with Crippen LogP contribution in [0.4, 0.5) is 8.78 Å². The normalized spacial score (nSPS) is 10.8. The van der Waals surface area contributed by atoms with Crippen LogP contribution in [0.1, 0.15) is 25.3 Å². The molecule has 0 aromatic heterocycles. The Hall–Kier alpha value is -1.96. The Morgan fingerprint density at radius 3 is 2.82 bits per heavy atom. The third kappa shape index (κ3) is 6.66. The Labute approximate surface area is 133 Å². The van der Waals surface area contributed by atoms with Crippen molar-refractivity contribution in [2.75, 3.05) is 13.7 Å². The summed E-state index contributed by atoms with van der Waals surface area (Å²) in [6.07, 6.45) is 3.53. The number of unbranched alkanes of at least 4 members (excludes halogenated alkanes) is 1. The van der Waals surface area contributed by atoms with Gasteiger partial charge in [-0.15, -0.1) is 0 Å². The van der Waals surface area contributed by atoms with Crippen molar-refractivity contribution in [2.24, 2.45) is 5.10 Å². The smallest absolute Gasteiger partial charge is 0.387 e. The zero-order valence-electron chi connectivity index (χ0n) is 12.4. The summed E-state index contributed by atoms with van der Waals surface area (Å²) in [5.41, 5.74) is 3.22. The molecule has 0 fully saturated rings. The van der Waals surface area contributed by atoms with Crippen LogP contribution in [0.5, 0.6) is 11.5 Å². The number of ether oxygens (including phenoxy) is 2. The number of hydrogen-bond acceptors (Lipinski definition) is 4. The zero-order valence-corrected chi connectivity index (χ0v) is 13.3. The minimum atomic E-state index is -2.92. The number of nitrogens with zero attached hydrogens (tertiary/aromatic N) is 1. The van der Waals surface area contributed by atoms with Crippen molar-refractivity contribution in [3.8, 4) is 11.5 Å². The summed E-state index contributed by atoms with van der Waals surface area (Å²) < 4.78 is 34.0. The van der Waals surface area contributed by atoms with Gasteiger partial charge in [0.1, 0.15) is 0 Å². The van der Waals surface area contributed by atoms with Gasteiger partial charge in [0.15, 0.2) is 16.6 Å². The maximum Gasteiger partial charge on any atom is 0.387 e. The first-order valence-corrected chi connectivity index (χ1v) is 7.17. The second-order valence-electron chi connectivity index (χ2n) is 4.27. The van der Waals surface area contributed by atoms with Crippen molar-refractivity contribution >= 4 is 23.5 Å². The van der Waals surface area contributed by atoms with Crippen LogP contribution in [0, 0.1) is 0 Å². The predicted octanol–water partition coefficient (Wildman–Crippen LogP) is 2.89. The molecule has 0 aliphatic carbocycles. The predicted molar refractivity (Wildman–Crippen MR) is 85.9 cm³/mol. The van der Waals surface area contributed by atoms with E-state index >= 15 is 0 Å². The molecular weight excluding hydrogens is 312 g/mol. The Morgan fingerprint density at radius 1 is 1.41 bits per heavy atom. The molecule has 0 heterocycles. The number of methoxy groups -OCH3 is 1. The largest absolute Gasteiger partial charge is 0.493 e. The molecule has 0 saturated carbocycles. The Bertz CT molecular complexity index is 513. The Kier molecular flexibility index (Phi) is 8.13. The van der Waals surface area contributed by atoms with Crippen molar-refractivity contribution in [1.82, 2.24) is 10.7 Å². The minimum Gasteiger partial charge on any atom is -0.493 e. The molecule has 1 aromatic carbocycles. The zero-order chi connectivity index (χ0) is 16.4. The fourth-order valence-corrected chi connectivity index (χ4v) is 1.70. The number of nitrogens with one attached hydrogen (secondary N) is 2. The van der Waals surface area contributed by atoms with Crippen LogP contribution in [0.3, 0.4) is 0 Å². The molecule has 0 unspecified atom stereocenters. The first-order valence-electron chi connectivity index (χ1n) is 6.76. The average molecular weight is 331 g/mol. The number of hydrogen-bond donors (Lipinski definition) is 2. The molecule has 0 aliphatic heterocycles. The van der Waals surface area contributed by atoms with Gasteiger partial charge in [-0.2, -0.15) is 13.9 Å². The summed E-state index contributed by atoms with van der Waals surface area (Å²) in [5, 5.41) is 7.33. The maximum absolute atomic E-state index is 12.3. The van der Waals surface area contributed by atoms with Crippen LogP contribution in [0.25, 0.3) is 0 Å². The van der Waals surface area contributed by atoms with Crippen molar-refractivity contribution < 1.29 is 18.3 Å². The van der Waals surface area contributed by atoms with Gasteiger partial charge in [0.05, 0.1) is 13.3 Å². The number of thiocarbonyl (C=S) groups is 1. The topological polar surface area (TPSA) is 54.9 Å². The summed E-state index contributed by atoms with van der Waals surface area (Å²) in [7, 11) is 1.38. The molecule has 1 rings (SSSR count). The second-order valence-corrected chi connectivity index (χ2v) is 4.68. The molecule has 2 N–H and O–H groups in total. The van der Waals surface area contributed by atoms with Crippen molar-refractivity contribution in [2.45, 2.75) is 26.4 Å². The SMILES string of the molecule is CCCCNC(=S)N/N=C\c1ccc(OC)c(OC(F)F)c1. The van der Waals surface area contributed by atoms with Crippen LogP contribution in [0.15, 0.2) is 23.3 Å². The molecule has 0 atom stereocenters. The highest BCUT2D eigenvalue weighted by atomic mass is 32.1. The molecule has 5 nitrogen and oxygen atoms in total. The summed E-state index contributed by atoms with van der Waals surface area (Å²) in [6, 6.07) is 4.59. The molecule has 122 valence electrons. The van der Waals surface area contributed by atoms with Crippen molar-refractivity contribution in [1.29, 1.82) is 0 Å². The van der Waals surface area contributed by atoms with Gasteiger partial charge in [0, 0.05) is 6.54 Å². The number of rotatable bonds is 8. The highest BCUT2D eigenvalue weighted by Crippen LogP contribution is 2.28. The van der Waals surface area contributed by atoms with E-state index in [4.69, 9.17) is 17.0 Å². The van der Waals surface area contributed by atoms with Gasteiger partial charge in [-0.25, -0.2) is 0 Å². The first-order chi connectivity index (χ1) is 10.6. The maximum atomic E-state index is 12.3. The Morgan fingerprint density at radius 2 is 2.18 bits per heavy atom. The molecule has 22 heavy (non-hydrogen) atoms. The Balaban J connectivity index is 2.61. The lowest BCUT2D eigenvalue weighted by Gasteiger charge is -2.10. The van der Waals surface area contributed by atoms with Gasteiger partial charge < -0.3 is 14.8 Å². The third-order valence-corrected chi connectivity index (χ3v) is 2.83. The van der Waals surface area contributed by atoms with E-state index in [1.54, 1.807) is 6.07 Å². The number of hydrazone groups is 1. The van der Waals surface area contributed by atoms with Gasteiger partial charge >= 0.3 is 6.61 Å². The molecule has 0 bridgehead atoms. The number of halogens is 2. The van der Waals surface area contributed by atoms with Crippen molar-refractivity contribution in [3.05, 3.63) is 23.8 Å². The van der Waals surface area contributed by atoms with E-state index in [1.807, 2.05) is 0 Å². The van der Waals surface area contributed by atoms with Gasteiger partial charge in [0.25, 0.3) is 0 Å². The van der Waals surface area contributed by atoms with Crippen molar-refractivity contribution in [3.63, 3.8) is 0 Å². The number of benzene rings is 1. The van der Waals surface area contributed by atoms with E-state index < -0.39 is 6.61 Å². The number of alkyl halides is 2. The molecule has 0 radical (unpaired) electrons. The lowest BCUT2D eigenvalue weighted by atomic mass is 10.2. The molecular formula is C14H19F2N3O2S. The second kappa shape index (κ2) is 9.88. The molecule has 0 aliphatic rings. The standard InChI is InChI=1S/C14H19F2N3O2S/c1-3-4-7-17-14(22)19-18-9-10-5-6-11(20-2)12(8-10)21-13(15)16/h5-6,8-9,13H,3-4,7H2,1-2H3,(H2,17,19,22)/b18-9-. The van der Waals surface area contributed by atoms with Gasteiger partial charge in [-0.3, -0.25) is 5.43 Å². The van der Waals surface area contributed by atoms with E-state index in [9.17, 15) is 8.78 Å². The van der Waals surface area contributed by atoms with E-state index in [2.05, 4.69) is 27.5 Å². The van der Waals surface area contributed by atoms with E-state index in [0.717, 1.165) is 19.4 Å². The van der Waals surface area contributed by atoms with Gasteiger partial charge in [-0.05, 0) is 42.4 Å².